The smallest absolute Gasteiger partial charge is 0.255 e. The number of halogens is 1. The summed E-state index contributed by atoms with van der Waals surface area (Å²) in [5.41, 5.74) is 0.181. The van der Waals surface area contributed by atoms with Crippen molar-refractivity contribution in [3.63, 3.8) is 0 Å². The van der Waals surface area contributed by atoms with Crippen molar-refractivity contribution in [2.45, 2.75) is 13.3 Å². The molecule has 0 aliphatic rings. The summed E-state index contributed by atoms with van der Waals surface area (Å²) in [6.07, 6.45) is 0.217. The summed E-state index contributed by atoms with van der Waals surface area (Å²) in [6.45, 7) is 2.63. The predicted molar refractivity (Wildman–Crippen MR) is 71.4 cm³/mol. The normalized spacial score (nSPS) is 9.89. The van der Waals surface area contributed by atoms with Crippen molar-refractivity contribution in [3.8, 4) is 5.75 Å². The van der Waals surface area contributed by atoms with Gasteiger partial charge in [-0.05, 0) is 25.1 Å². The topological polar surface area (TPSA) is 78.4 Å². The molecule has 0 atom stereocenters. The maximum Gasteiger partial charge on any atom is 0.255 e. The molecule has 6 heteroatoms. The fourth-order valence-corrected chi connectivity index (χ4v) is 1.72. The molecule has 0 unspecified atom stereocenters. The van der Waals surface area contributed by atoms with Crippen LogP contribution in [0.15, 0.2) is 22.7 Å². The van der Waals surface area contributed by atoms with Crippen LogP contribution in [0.2, 0.25) is 0 Å². The average molecular weight is 315 g/mol. The molecule has 0 aromatic heterocycles. The molecule has 18 heavy (non-hydrogen) atoms. The standard InChI is InChI=1S/C12H15BrN2O3/c1-2-14-11(17)5-6-15-12(18)9-7-8(13)3-4-10(9)16/h3-4,7,16H,2,5-6H2,1H3,(H,14,17)(H,15,18). The number of phenols is 1. The third-order valence-electron chi connectivity index (χ3n) is 2.21. The third-order valence-corrected chi connectivity index (χ3v) is 2.71. The van der Waals surface area contributed by atoms with E-state index in [1.165, 1.54) is 12.1 Å². The second-order valence-corrected chi connectivity index (χ2v) is 4.54. The lowest BCUT2D eigenvalue weighted by Crippen LogP contribution is -2.30. The van der Waals surface area contributed by atoms with E-state index in [0.717, 1.165) is 0 Å². The number of rotatable bonds is 5. The van der Waals surface area contributed by atoms with Gasteiger partial charge in [-0.1, -0.05) is 15.9 Å². The van der Waals surface area contributed by atoms with Gasteiger partial charge >= 0.3 is 0 Å². The van der Waals surface area contributed by atoms with Crippen LogP contribution in [0.25, 0.3) is 0 Å². The van der Waals surface area contributed by atoms with Crippen LogP contribution in [0.3, 0.4) is 0 Å². The van der Waals surface area contributed by atoms with Crippen molar-refractivity contribution in [3.05, 3.63) is 28.2 Å². The molecule has 0 aliphatic carbocycles. The van der Waals surface area contributed by atoms with Gasteiger partial charge in [-0.25, -0.2) is 0 Å². The molecule has 0 fully saturated rings. The van der Waals surface area contributed by atoms with Crippen LogP contribution in [0.1, 0.15) is 23.7 Å². The van der Waals surface area contributed by atoms with E-state index in [0.29, 0.717) is 11.0 Å². The quantitative estimate of drug-likeness (QED) is 0.769. The van der Waals surface area contributed by atoms with Gasteiger partial charge in [-0.15, -0.1) is 0 Å². The SMILES string of the molecule is CCNC(=O)CCNC(=O)c1cc(Br)ccc1O. The first kappa shape index (κ1) is 14.5. The molecule has 0 spiro atoms. The minimum atomic E-state index is -0.405. The molecule has 0 heterocycles. The Morgan fingerprint density at radius 2 is 2.06 bits per heavy atom. The maximum atomic E-state index is 11.7. The van der Waals surface area contributed by atoms with Crippen LogP contribution < -0.4 is 10.6 Å². The van der Waals surface area contributed by atoms with Crippen LogP contribution in [0.5, 0.6) is 5.75 Å². The zero-order valence-electron chi connectivity index (χ0n) is 10.00. The van der Waals surface area contributed by atoms with Gasteiger partial charge in [-0.3, -0.25) is 9.59 Å². The zero-order valence-corrected chi connectivity index (χ0v) is 11.6. The summed E-state index contributed by atoms with van der Waals surface area (Å²) in [6, 6.07) is 4.60. The number of hydrogen-bond acceptors (Lipinski definition) is 3. The van der Waals surface area contributed by atoms with E-state index in [9.17, 15) is 14.7 Å². The number of aromatic hydroxyl groups is 1. The summed E-state index contributed by atoms with van der Waals surface area (Å²) in [5.74, 6) is -0.608. The molecule has 0 saturated carbocycles. The zero-order chi connectivity index (χ0) is 13.5. The lowest BCUT2D eigenvalue weighted by atomic mass is 10.2. The summed E-state index contributed by atoms with van der Waals surface area (Å²) in [7, 11) is 0. The van der Waals surface area contributed by atoms with Gasteiger partial charge in [0, 0.05) is 24.0 Å². The molecular formula is C12H15BrN2O3. The van der Waals surface area contributed by atoms with Crippen molar-refractivity contribution < 1.29 is 14.7 Å². The number of nitrogens with one attached hydrogen (secondary N) is 2. The average Bonchev–Trinajstić information content (AvgIpc) is 2.32. The molecule has 0 aliphatic heterocycles. The Morgan fingerprint density at radius 1 is 1.33 bits per heavy atom. The molecule has 98 valence electrons. The van der Waals surface area contributed by atoms with E-state index in [-0.39, 0.29) is 30.2 Å². The Balaban J connectivity index is 2.50. The lowest BCUT2D eigenvalue weighted by molar-refractivity contribution is -0.120. The molecule has 2 amide bonds. The molecule has 1 rings (SSSR count). The van der Waals surface area contributed by atoms with Gasteiger partial charge in [0.05, 0.1) is 5.56 Å². The largest absolute Gasteiger partial charge is 0.507 e. The predicted octanol–water partition coefficient (Wildman–Crippen LogP) is 1.41. The maximum absolute atomic E-state index is 11.7. The van der Waals surface area contributed by atoms with Gasteiger partial charge in [-0.2, -0.15) is 0 Å². The first-order chi connectivity index (χ1) is 8.54. The van der Waals surface area contributed by atoms with Crippen LogP contribution in [0, 0.1) is 0 Å². The number of amides is 2. The van der Waals surface area contributed by atoms with Crippen molar-refractivity contribution in [1.29, 1.82) is 0 Å². The minimum Gasteiger partial charge on any atom is -0.507 e. The van der Waals surface area contributed by atoms with Gasteiger partial charge in [0.2, 0.25) is 5.91 Å². The number of carbonyl (C=O) groups is 2. The van der Waals surface area contributed by atoms with Gasteiger partial charge < -0.3 is 15.7 Å². The Kier molecular flexibility index (Phi) is 5.64. The Morgan fingerprint density at radius 3 is 2.72 bits per heavy atom. The number of carbonyl (C=O) groups excluding carboxylic acids is 2. The van der Waals surface area contributed by atoms with E-state index >= 15 is 0 Å². The van der Waals surface area contributed by atoms with Crippen LogP contribution in [-0.2, 0) is 4.79 Å². The Labute approximate surface area is 114 Å². The fourth-order valence-electron chi connectivity index (χ4n) is 1.36. The molecule has 0 bridgehead atoms. The first-order valence-corrected chi connectivity index (χ1v) is 6.37. The summed E-state index contributed by atoms with van der Waals surface area (Å²) in [4.78, 5) is 22.9. The Bertz CT molecular complexity index is 449. The van der Waals surface area contributed by atoms with E-state index in [4.69, 9.17) is 0 Å². The van der Waals surface area contributed by atoms with E-state index in [1.54, 1.807) is 6.07 Å². The van der Waals surface area contributed by atoms with E-state index in [2.05, 4.69) is 26.6 Å². The summed E-state index contributed by atoms with van der Waals surface area (Å²) in [5, 5.41) is 14.7. The fraction of sp³-hybridized carbons (Fsp3) is 0.333. The van der Waals surface area contributed by atoms with Gasteiger partial charge in [0.25, 0.3) is 5.91 Å². The van der Waals surface area contributed by atoms with Crippen molar-refractivity contribution in [1.82, 2.24) is 10.6 Å². The highest BCUT2D eigenvalue weighted by Crippen LogP contribution is 2.21. The number of hydrogen-bond donors (Lipinski definition) is 3. The minimum absolute atomic E-state index is 0.0892. The van der Waals surface area contributed by atoms with Gasteiger partial charge in [0.1, 0.15) is 5.75 Å². The van der Waals surface area contributed by atoms with Crippen molar-refractivity contribution in [2.24, 2.45) is 0 Å². The lowest BCUT2D eigenvalue weighted by Gasteiger charge is -2.07. The monoisotopic (exact) mass is 314 g/mol. The van der Waals surface area contributed by atoms with Gasteiger partial charge in [0.15, 0.2) is 0 Å². The Hall–Kier alpha value is -1.56. The second kappa shape index (κ2) is 7.00. The third kappa shape index (κ3) is 4.37. The highest BCUT2D eigenvalue weighted by atomic mass is 79.9. The molecule has 0 radical (unpaired) electrons. The first-order valence-electron chi connectivity index (χ1n) is 5.58. The second-order valence-electron chi connectivity index (χ2n) is 3.62. The summed E-state index contributed by atoms with van der Waals surface area (Å²) < 4.78 is 0.703. The molecule has 5 nitrogen and oxygen atoms in total. The van der Waals surface area contributed by atoms with Crippen molar-refractivity contribution >= 4 is 27.7 Å². The van der Waals surface area contributed by atoms with Crippen LogP contribution >= 0.6 is 15.9 Å². The molecule has 1 aromatic carbocycles. The summed E-state index contributed by atoms with van der Waals surface area (Å²) >= 11 is 3.22. The van der Waals surface area contributed by atoms with E-state index < -0.39 is 5.91 Å². The number of benzene rings is 1. The highest BCUT2D eigenvalue weighted by molar-refractivity contribution is 9.10. The molecule has 0 saturated heterocycles. The highest BCUT2D eigenvalue weighted by Gasteiger charge is 2.11. The van der Waals surface area contributed by atoms with Crippen molar-refractivity contribution in [2.75, 3.05) is 13.1 Å². The van der Waals surface area contributed by atoms with Crippen LogP contribution in [0.4, 0.5) is 0 Å². The number of phenolic OH excluding ortho intramolecular Hbond substituents is 1. The van der Waals surface area contributed by atoms with E-state index in [1.807, 2.05) is 6.92 Å². The molecule has 1 aromatic rings. The molecular weight excluding hydrogens is 300 g/mol. The molecule has 3 N–H and O–H groups in total. The van der Waals surface area contributed by atoms with Crippen LogP contribution in [-0.4, -0.2) is 30.0 Å².